The number of nitrogens with zero attached hydrogens (tertiary/aromatic N) is 12. The molecule has 3 saturated heterocycles. The van der Waals surface area contributed by atoms with Crippen LogP contribution in [-0.4, -0.2) is 195 Å². The molecule has 0 spiro atoms. The van der Waals surface area contributed by atoms with E-state index < -0.39 is 68.5 Å². The second-order valence-electron chi connectivity index (χ2n) is 36.0. The van der Waals surface area contributed by atoms with E-state index in [9.17, 15) is 0 Å². The van der Waals surface area contributed by atoms with E-state index in [2.05, 4.69) is 206 Å². The van der Waals surface area contributed by atoms with Crippen molar-refractivity contribution in [2.24, 2.45) is 21.1 Å². The molecule has 3 aliphatic rings. The monoisotopic (exact) mass is 1870 g/mol. The molecular formula is C81H132B3BrCl2CuN12O13S2Si3. The number of fused-ring (bicyclic) bond motifs is 3. The number of aryl methyl sites for hydroxylation is 3. The van der Waals surface area contributed by atoms with Gasteiger partial charge in [-0.3, -0.25) is 23.6 Å². The fourth-order valence-electron chi connectivity index (χ4n) is 11.2. The third-order valence-electron chi connectivity index (χ3n) is 19.8. The van der Waals surface area contributed by atoms with Gasteiger partial charge < -0.3 is 66.1 Å². The van der Waals surface area contributed by atoms with Gasteiger partial charge in [-0.2, -0.15) is 27.9 Å². The van der Waals surface area contributed by atoms with Crippen LogP contribution in [0.1, 0.15) is 131 Å². The van der Waals surface area contributed by atoms with Crippen molar-refractivity contribution < 1.29 is 79.0 Å². The van der Waals surface area contributed by atoms with E-state index in [-0.39, 0.29) is 44.3 Å². The van der Waals surface area contributed by atoms with Crippen LogP contribution in [0.3, 0.4) is 0 Å². The number of carboxylic acid groups (broad SMARTS) is 2. The van der Waals surface area contributed by atoms with Crippen molar-refractivity contribution in [1.82, 2.24) is 58.0 Å². The second-order valence-corrected chi connectivity index (χ2v) is 56.9. The number of pyridine rings is 3. The second kappa shape index (κ2) is 45.9. The van der Waals surface area contributed by atoms with Crippen molar-refractivity contribution in [1.29, 1.82) is 0 Å². The number of thiol groups is 1. The number of rotatable bonds is 24. The summed E-state index contributed by atoms with van der Waals surface area (Å²) in [4.78, 5) is 33.1. The Kier molecular flexibility index (Phi) is 41.1. The number of ether oxygens (including phenoxy) is 3. The molecule has 0 unspecified atom stereocenters. The van der Waals surface area contributed by atoms with Crippen molar-refractivity contribution in [3.63, 3.8) is 0 Å². The minimum Gasteiger partial charge on any atom is -0.481 e. The van der Waals surface area contributed by atoms with Crippen LogP contribution in [0.4, 0.5) is 0 Å². The molecule has 25 nitrogen and oxygen atoms in total. The molecule has 37 heteroatoms. The van der Waals surface area contributed by atoms with Crippen LogP contribution in [-0.2, 0) is 110 Å². The SMILES string of the molecule is CC(=O)O.CC(=O)O.CC(Cl)Cl.CC1(C)OB(B2OC(C)(C)C(C)(C)O2)OC1(C)C.CCCS.CCCSc1cnc2c(c1)c(-c1cnn(C)c1)cn2COCC[Si](C)(C)C.Cn1cc(-c2cn(COCC[Si](C)(C)C)c3ncc(B4OC(C)(C)C(C)(C)O4)cc23)cn1.Cn1cc(-c2cn(COCC[Si](C)(C)C)c3ncc(Br)cc23)cn1.[Cu]. The van der Waals surface area contributed by atoms with Crippen LogP contribution in [0.2, 0.25) is 77.1 Å². The third kappa shape index (κ3) is 32.8. The van der Waals surface area contributed by atoms with Crippen molar-refractivity contribution in [2.45, 2.75) is 271 Å². The molecule has 659 valence electrons. The Morgan fingerprint density at radius 1 is 0.508 bits per heavy atom. The summed E-state index contributed by atoms with van der Waals surface area (Å²) in [6.45, 7) is 57.8. The molecule has 0 aromatic carbocycles. The van der Waals surface area contributed by atoms with Crippen molar-refractivity contribution in [3.8, 4) is 33.4 Å². The number of aromatic nitrogens is 12. The zero-order valence-electron chi connectivity index (χ0n) is 75.2. The first-order chi connectivity index (χ1) is 54.1. The fourth-order valence-corrected chi connectivity index (χ4v) is 14.6. The first kappa shape index (κ1) is 106. The Bertz CT molecular complexity index is 4520. The van der Waals surface area contributed by atoms with Gasteiger partial charge in [0, 0.05) is 216 Å². The zero-order chi connectivity index (χ0) is 88.2. The number of hydrogen-bond donors (Lipinski definition) is 3. The van der Waals surface area contributed by atoms with Crippen LogP contribution in [0, 0.1) is 0 Å². The largest absolute Gasteiger partial charge is 0.496 e. The van der Waals surface area contributed by atoms with E-state index in [1.165, 1.54) is 29.0 Å². The number of carbonyl (C=O) groups is 2. The van der Waals surface area contributed by atoms with Gasteiger partial charge in [-0.15, -0.1) is 35.0 Å². The van der Waals surface area contributed by atoms with Crippen molar-refractivity contribution in [2.75, 3.05) is 31.3 Å². The van der Waals surface area contributed by atoms with E-state index in [1.807, 2.05) is 152 Å². The molecule has 0 bridgehead atoms. The van der Waals surface area contributed by atoms with Crippen LogP contribution in [0.25, 0.3) is 66.5 Å². The molecule has 0 saturated carbocycles. The average Bonchev–Trinajstić information content (AvgIpc) is 1.63. The third-order valence-corrected chi connectivity index (χ3v) is 27.0. The Labute approximate surface area is 744 Å². The minimum absolute atomic E-state index is 0. The topological polar surface area (TPSA) is 265 Å². The van der Waals surface area contributed by atoms with E-state index in [0.717, 1.165) is 128 Å². The summed E-state index contributed by atoms with van der Waals surface area (Å²) in [6.07, 6.45) is 26.1. The van der Waals surface area contributed by atoms with Gasteiger partial charge in [-0.05, 0) is 167 Å². The predicted octanol–water partition coefficient (Wildman–Crippen LogP) is 19.4. The molecule has 3 fully saturated rings. The summed E-state index contributed by atoms with van der Waals surface area (Å²) in [6, 6.07) is 9.97. The summed E-state index contributed by atoms with van der Waals surface area (Å²) in [5.74, 6) is 0.454. The smallest absolute Gasteiger partial charge is 0.481 e. The molecule has 9 aromatic rings. The number of carboxylic acids is 2. The molecule has 118 heavy (non-hydrogen) atoms. The molecule has 12 heterocycles. The molecule has 0 atom stereocenters. The minimum atomic E-state index is -1.13. The summed E-state index contributed by atoms with van der Waals surface area (Å²) in [7, 11) is 1.13. The normalized spacial score (nSPS) is 16.0. The average molecular weight is 1880 g/mol. The van der Waals surface area contributed by atoms with Gasteiger partial charge in [-0.1, -0.05) is 72.8 Å². The Hall–Kier alpha value is -4.60. The van der Waals surface area contributed by atoms with Gasteiger partial charge in [0.1, 0.15) is 42.0 Å². The van der Waals surface area contributed by atoms with Gasteiger partial charge in [-0.25, -0.2) is 15.0 Å². The van der Waals surface area contributed by atoms with E-state index >= 15 is 0 Å². The van der Waals surface area contributed by atoms with E-state index in [0.29, 0.717) is 20.2 Å². The van der Waals surface area contributed by atoms with Crippen LogP contribution in [0.5, 0.6) is 0 Å². The maximum atomic E-state index is 9.00. The molecular weight excluding hydrogens is 1740 g/mol. The zero-order valence-corrected chi connectivity index (χ0v) is 84.0. The summed E-state index contributed by atoms with van der Waals surface area (Å²) in [5, 5.41) is 31.1. The van der Waals surface area contributed by atoms with Crippen LogP contribution < -0.4 is 5.46 Å². The van der Waals surface area contributed by atoms with E-state index in [4.69, 9.17) is 95.1 Å². The maximum Gasteiger partial charge on any atom is 0.496 e. The van der Waals surface area contributed by atoms with Crippen LogP contribution in [0.15, 0.2) is 102 Å². The van der Waals surface area contributed by atoms with E-state index in [1.54, 1.807) is 6.92 Å². The summed E-state index contributed by atoms with van der Waals surface area (Å²) in [5.41, 5.74) is 8.10. The van der Waals surface area contributed by atoms with Crippen LogP contribution >= 0.6 is 63.5 Å². The first-order valence-electron chi connectivity index (χ1n) is 39.9. The number of thioether (sulfide) groups is 1. The van der Waals surface area contributed by atoms with Gasteiger partial charge in [0.2, 0.25) is 0 Å². The number of alkyl halides is 2. The molecule has 0 aliphatic carbocycles. The summed E-state index contributed by atoms with van der Waals surface area (Å²) >= 11 is 19.4. The molecule has 12 rings (SSSR count). The van der Waals surface area contributed by atoms with Gasteiger partial charge in [0.05, 0.1) is 52.2 Å². The number of hydrogen-bond acceptors (Lipinski definition) is 19. The first-order valence-corrected chi connectivity index (χ1v) is 54.3. The Morgan fingerprint density at radius 3 is 1.08 bits per heavy atom. The molecule has 1 radical (unpaired) electrons. The quantitative estimate of drug-likeness (QED) is 0.0167. The fraction of sp³-hybridized carbons (Fsp3) is 0.605. The molecule has 2 N–H and O–H groups in total. The maximum absolute atomic E-state index is 9.00. The number of halogens is 3. The Morgan fingerprint density at radius 2 is 0.797 bits per heavy atom. The standard InChI is InChI=1S/C23H35BN4O3Si.C20H30N4OSSi.C17H23BrN4OSi.C12H24B2O4.C3H8S.C2H4Cl2.2C2H4O2.Cu/c1-22(2)23(3,4)31-24(30-22)18-11-19-20(17-12-26-27(5)14-17)15-28(21(19)25-13-18)16-29-9-10-32(6,7)8;1-6-8-26-17-10-18-19(16-11-22-23(2)13-16)14-24(20(18)21-12-17)15-25-7-9-27(3,4)5;1-21-10-13(8-20-21)16-11-22(12-23-5-6-24(2,3)4)17-15(16)7-14(18)9-19-17;1-9(2)10(3,4)16-13(15-9)14-17-11(5,6)12(7,8)18-14;1-2-3-4;3*1-2(3)4;/h11-15H,9-10,16H2,1-8H3;10-14H,6-9,15H2,1-5H3;7-11H,5-6,12H2,1-4H3;1-8H3;4H,2-3H2,1H3;2H,1H3;2*1H3,(H,3,4);. The number of aliphatic carboxylic acids is 2. The molecule has 9 aromatic heterocycles. The van der Waals surface area contributed by atoms with Crippen molar-refractivity contribution in [3.05, 3.63) is 97.0 Å². The molecule has 0 amide bonds. The van der Waals surface area contributed by atoms with Gasteiger partial charge in [0.25, 0.3) is 11.9 Å². The van der Waals surface area contributed by atoms with Gasteiger partial charge >= 0.3 is 21.1 Å². The predicted molar refractivity (Wildman–Crippen MR) is 497 cm³/mol. The molecule has 3 aliphatic heterocycles. The Balaban J connectivity index is 0.000000314. The summed E-state index contributed by atoms with van der Waals surface area (Å²) < 4.78 is 67.0. The van der Waals surface area contributed by atoms with Gasteiger partial charge in [0.15, 0.2) is 0 Å². The van der Waals surface area contributed by atoms with Crippen molar-refractivity contribution >= 4 is 159 Å².